The van der Waals surface area contributed by atoms with Crippen molar-refractivity contribution in [2.45, 2.75) is 45.4 Å². The summed E-state index contributed by atoms with van der Waals surface area (Å²) in [5.41, 5.74) is 2.55. The van der Waals surface area contributed by atoms with E-state index in [-0.39, 0.29) is 5.56 Å². The summed E-state index contributed by atoms with van der Waals surface area (Å²) in [5, 5.41) is 0. The fourth-order valence-corrected chi connectivity index (χ4v) is 3.15. The van der Waals surface area contributed by atoms with Crippen molar-refractivity contribution >= 4 is 0 Å². The van der Waals surface area contributed by atoms with Crippen LogP contribution >= 0.6 is 0 Å². The lowest BCUT2D eigenvalue weighted by Gasteiger charge is -2.25. The lowest BCUT2D eigenvalue weighted by Crippen LogP contribution is -2.21. The Kier molecular flexibility index (Phi) is 3.91. The molecule has 3 rings (SSSR count). The molecular formula is C18H22N2O. The molecule has 0 unspecified atom stereocenters. The summed E-state index contributed by atoms with van der Waals surface area (Å²) in [6.45, 7) is 4.15. The smallest absolute Gasteiger partial charge is 0.254 e. The van der Waals surface area contributed by atoms with Crippen LogP contribution in [0.4, 0.5) is 0 Å². The Balaban J connectivity index is 2.00. The lowest BCUT2D eigenvalue weighted by molar-refractivity contribution is 0.339. The van der Waals surface area contributed by atoms with Gasteiger partial charge in [0.25, 0.3) is 5.56 Å². The molecule has 1 aromatic heterocycles. The van der Waals surface area contributed by atoms with Gasteiger partial charge in [-0.1, -0.05) is 50.1 Å². The number of hydrogen-bond donors (Lipinski definition) is 1. The van der Waals surface area contributed by atoms with Crippen molar-refractivity contribution in [3.8, 4) is 11.3 Å². The Morgan fingerprint density at radius 2 is 1.76 bits per heavy atom. The standard InChI is InChI=1S/C18H22N2O/c1-12-8-10-15(11-9-12)17-19-16(13(2)18(21)20-17)14-6-4-3-5-7-14/h3-7,12,15H,8-11H2,1-2H3,(H,19,20,21). The minimum Gasteiger partial charge on any atom is -0.310 e. The van der Waals surface area contributed by atoms with E-state index in [2.05, 4.69) is 11.9 Å². The van der Waals surface area contributed by atoms with E-state index in [0.29, 0.717) is 11.5 Å². The number of H-pyrrole nitrogens is 1. The van der Waals surface area contributed by atoms with Crippen molar-refractivity contribution in [1.29, 1.82) is 0 Å². The van der Waals surface area contributed by atoms with Gasteiger partial charge in [-0.05, 0) is 25.7 Å². The fourth-order valence-electron chi connectivity index (χ4n) is 3.15. The quantitative estimate of drug-likeness (QED) is 0.903. The van der Waals surface area contributed by atoms with Gasteiger partial charge in [-0.2, -0.15) is 0 Å². The average Bonchev–Trinajstić information content (AvgIpc) is 2.51. The first-order valence-electron chi connectivity index (χ1n) is 7.81. The number of benzene rings is 1. The van der Waals surface area contributed by atoms with E-state index in [1.807, 2.05) is 37.3 Å². The fraction of sp³-hybridized carbons (Fsp3) is 0.444. The number of aromatic amines is 1. The zero-order valence-electron chi connectivity index (χ0n) is 12.7. The topological polar surface area (TPSA) is 45.8 Å². The number of aromatic nitrogens is 2. The van der Waals surface area contributed by atoms with E-state index in [0.717, 1.165) is 35.8 Å². The van der Waals surface area contributed by atoms with Crippen LogP contribution in [-0.4, -0.2) is 9.97 Å². The number of nitrogens with zero attached hydrogens (tertiary/aromatic N) is 1. The Morgan fingerprint density at radius 1 is 1.10 bits per heavy atom. The largest absolute Gasteiger partial charge is 0.310 e. The summed E-state index contributed by atoms with van der Waals surface area (Å²) in [5.74, 6) is 2.07. The molecule has 0 saturated heterocycles. The second-order valence-corrected chi connectivity index (χ2v) is 6.25. The first-order chi connectivity index (χ1) is 10.1. The molecule has 1 aliphatic carbocycles. The van der Waals surface area contributed by atoms with Gasteiger partial charge in [0, 0.05) is 17.0 Å². The van der Waals surface area contributed by atoms with Crippen molar-refractivity contribution in [3.63, 3.8) is 0 Å². The summed E-state index contributed by atoms with van der Waals surface area (Å²) in [4.78, 5) is 20.0. The van der Waals surface area contributed by atoms with E-state index in [9.17, 15) is 4.79 Å². The molecule has 2 aromatic rings. The third-order valence-corrected chi connectivity index (χ3v) is 4.62. The van der Waals surface area contributed by atoms with Gasteiger partial charge < -0.3 is 4.98 Å². The summed E-state index contributed by atoms with van der Waals surface area (Å²) < 4.78 is 0. The van der Waals surface area contributed by atoms with Crippen LogP contribution in [0.5, 0.6) is 0 Å². The molecule has 1 saturated carbocycles. The molecule has 0 spiro atoms. The molecule has 0 atom stereocenters. The zero-order valence-corrected chi connectivity index (χ0v) is 12.7. The van der Waals surface area contributed by atoms with Crippen molar-refractivity contribution in [3.05, 3.63) is 52.1 Å². The summed E-state index contributed by atoms with van der Waals surface area (Å²) in [7, 11) is 0. The van der Waals surface area contributed by atoms with Crippen LogP contribution in [-0.2, 0) is 0 Å². The highest BCUT2D eigenvalue weighted by Crippen LogP contribution is 2.34. The van der Waals surface area contributed by atoms with Gasteiger partial charge in [0.2, 0.25) is 0 Å². The second-order valence-electron chi connectivity index (χ2n) is 6.25. The monoisotopic (exact) mass is 282 g/mol. The molecule has 0 bridgehead atoms. The molecule has 1 N–H and O–H groups in total. The predicted octanol–water partition coefficient (Wildman–Crippen LogP) is 4.04. The van der Waals surface area contributed by atoms with Crippen LogP contribution in [0.2, 0.25) is 0 Å². The Bertz CT molecular complexity index is 667. The van der Waals surface area contributed by atoms with Crippen molar-refractivity contribution in [1.82, 2.24) is 9.97 Å². The van der Waals surface area contributed by atoms with Gasteiger partial charge in [0.15, 0.2) is 0 Å². The van der Waals surface area contributed by atoms with Crippen molar-refractivity contribution in [2.75, 3.05) is 0 Å². The van der Waals surface area contributed by atoms with Gasteiger partial charge >= 0.3 is 0 Å². The highest BCUT2D eigenvalue weighted by Gasteiger charge is 2.22. The molecular weight excluding hydrogens is 260 g/mol. The maximum Gasteiger partial charge on any atom is 0.254 e. The number of rotatable bonds is 2. The van der Waals surface area contributed by atoms with Gasteiger partial charge in [-0.25, -0.2) is 4.98 Å². The third-order valence-electron chi connectivity index (χ3n) is 4.62. The Hall–Kier alpha value is -1.90. The molecule has 1 fully saturated rings. The first kappa shape index (κ1) is 14.1. The average molecular weight is 282 g/mol. The van der Waals surface area contributed by atoms with Crippen LogP contribution < -0.4 is 5.56 Å². The van der Waals surface area contributed by atoms with Crippen LogP contribution in [0.3, 0.4) is 0 Å². The van der Waals surface area contributed by atoms with Gasteiger partial charge in [-0.3, -0.25) is 4.79 Å². The minimum atomic E-state index is -0.00234. The molecule has 0 radical (unpaired) electrons. The van der Waals surface area contributed by atoms with Gasteiger partial charge in [0.1, 0.15) is 5.82 Å². The molecule has 3 nitrogen and oxygen atoms in total. The van der Waals surface area contributed by atoms with E-state index in [1.54, 1.807) is 0 Å². The lowest BCUT2D eigenvalue weighted by atomic mass is 9.82. The number of hydrogen-bond acceptors (Lipinski definition) is 2. The normalized spacial score (nSPS) is 22.2. The molecule has 1 aliphatic rings. The van der Waals surface area contributed by atoms with Crippen LogP contribution in [0.15, 0.2) is 35.1 Å². The molecule has 0 aliphatic heterocycles. The third kappa shape index (κ3) is 2.92. The highest BCUT2D eigenvalue weighted by molar-refractivity contribution is 5.62. The minimum absolute atomic E-state index is 0.00234. The maximum absolute atomic E-state index is 12.2. The SMILES string of the molecule is Cc1c(-c2ccccc2)nc(C2CCC(C)CC2)[nH]c1=O. The van der Waals surface area contributed by atoms with Crippen LogP contribution in [0.25, 0.3) is 11.3 Å². The van der Waals surface area contributed by atoms with Crippen molar-refractivity contribution in [2.24, 2.45) is 5.92 Å². The maximum atomic E-state index is 12.2. The zero-order chi connectivity index (χ0) is 14.8. The first-order valence-corrected chi connectivity index (χ1v) is 7.81. The van der Waals surface area contributed by atoms with E-state index in [1.165, 1.54) is 12.8 Å². The predicted molar refractivity (Wildman–Crippen MR) is 85.4 cm³/mol. The summed E-state index contributed by atoms with van der Waals surface area (Å²) >= 11 is 0. The number of nitrogens with one attached hydrogen (secondary N) is 1. The molecule has 110 valence electrons. The van der Waals surface area contributed by atoms with Gasteiger partial charge in [0.05, 0.1) is 5.69 Å². The van der Waals surface area contributed by atoms with Crippen molar-refractivity contribution < 1.29 is 0 Å². The second kappa shape index (κ2) is 5.84. The summed E-state index contributed by atoms with van der Waals surface area (Å²) in [6.07, 6.45) is 4.70. The van der Waals surface area contributed by atoms with E-state index >= 15 is 0 Å². The van der Waals surface area contributed by atoms with E-state index in [4.69, 9.17) is 4.98 Å². The van der Waals surface area contributed by atoms with Crippen LogP contribution in [0, 0.1) is 12.8 Å². The molecule has 3 heteroatoms. The highest BCUT2D eigenvalue weighted by atomic mass is 16.1. The summed E-state index contributed by atoms with van der Waals surface area (Å²) in [6, 6.07) is 9.98. The van der Waals surface area contributed by atoms with E-state index < -0.39 is 0 Å². The molecule has 1 heterocycles. The molecule has 21 heavy (non-hydrogen) atoms. The molecule has 1 aromatic carbocycles. The Labute approximate surface area is 125 Å². The van der Waals surface area contributed by atoms with Crippen LogP contribution in [0.1, 0.15) is 49.9 Å². The molecule has 0 amide bonds. The Morgan fingerprint density at radius 3 is 2.43 bits per heavy atom. The van der Waals surface area contributed by atoms with Gasteiger partial charge in [-0.15, -0.1) is 0 Å².